The van der Waals surface area contributed by atoms with Crippen LogP contribution in [0.5, 0.6) is 5.75 Å². The minimum absolute atomic E-state index is 0. The van der Waals surface area contributed by atoms with Gasteiger partial charge in [0.05, 0.1) is 25.0 Å². The number of aryl methyl sites for hydroxylation is 1. The summed E-state index contributed by atoms with van der Waals surface area (Å²) in [5.74, 6) is -2.21. The van der Waals surface area contributed by atoms with Crippen LogP contribution in [0.3, 0.4) is 0 Å². The van der Waals surface area contributed by atoms with Crippen molar-refractivity contribution in [2.45, 2.75) is 138 Å². The van der Waals surface area contributed by atoms with Crippen molar-refractivity contribution in [3.8, 4) is 67.5 Å². The normalized spacial score (nSPS) is 19.5. The number of nitrogens with zero attached hydrogens (tertiary/aromatic N) is 3. The topological polar surface area (TPSA) is 50.9 Å². The second-order valence-electron chi connectivity index (χ2n) is 20.5. The zero-order valence-electron chi connectivity index (χ0n) is 65.1. The maximum absolute atomic E-state index is 13.2. The molecule has 0 saturated heterocycles. The van der Waals surface area contributed by atoms with Crippen LogP contribution in [0.15, 0.2) is 127 Å². The molecule has 0 aliphatic carbocycles. The van der Waals surface area contributed by atoms with Gasteiger partial charge in [-0.3, -0.25) is 9.55 Å². The van der Waals surface area contributed by atoms with Gasteiger partial charge in [-0.05, 0) is 104 Å². The van der Waals surface area contributed by atoms with Gasteiger partial charge in [0.15, 0.2) is 0 Å². The Morgan fingerprint density at radius 3 is 1.91 bits per heavy atom. The van der Waals surface area contributed by atoms with E-state index in [4.69, 9.17) is 36.5 Å². The number of hydrogen-bond donors (Lipinski definition) is 1. The molecule has 69 heavy (non-hydrogen) atoms. The molecule has 5 heteroatoms. The second-order valence-corrected chi connectivity index (χ2v) is 20.5. The first-order chi connectivity index (χ1) is 42.0. The molecule has 0 amide bonds. The zero-order valence-corrected chi connectivity index (χ0v) is 42.3. The van der Waals surface area contributed by atoms with E-state index in [9.17, 15) is 7.85 Å². The molecule has 0 aliphatic heterocycles. The summed E-state index contributed by atoms with van der Waals surface area (Å²) in [6.07, 6.45) is -0.672. The van der Waals surface area contributed by atoms with Gasteiger partial charge in [0.25, 0.3) is 0 Å². The molecule has 0 fully saturated rings. The third-order valence-electron chi connectivity index (χ3n) is 11.7. The Morgan fingerprint density at radius 1 is 0.623 bits per heavy atom. The summed E-state index contributed by atoms with van der Waals surface area (Å²) in [7, 11) is 0. The summed E-state index contributed by atoms with van der Waals surface area (Å²) < 4.78 is 223. The van der Waals surface area contributed by atoms with Crippen LogP contribution >= 0.6 is 0 Å². The van der Waals surface area contributed by atoms with Gasteiger partial charge in [-0.15, -0.1) is 29.3 Å². The largest absolute Gasteiger partial charge is 0.507 e. The summed E-state index contributed by atoms with van der Waals surface area (Å²) in [5, 5.41) is 13.2. The predicted molar refractivity (Wildman–Crippen MR) is 289 cm³/mol. The third-order valence-corrected chi connectivity index (χ3v) is 11.7. The molecule has 1 N–H and O–H groups in total. The van der Waals surface area contributed by atoms with Gasteiger partial charge < -0.3 is 5.11 Å². The van der Waals surface area contributed by atoms with Crippen LogP contribution in [-0.2, 0) is 49.1 Å². The van der Waals surface area contributed by atoms with Crippen LogP contribution < -0.4 is 0 Å². The Hall–Kier alpha value is -5.57. The standard InChI is InChI=1S/C64H72N3O.Pt/c1-40-39-65-54(37-50(40)43-27-25-41(26-28-43)38-60(2,3)4)45-31-44(32-47(33-45)62(8,9)10)49-23-20-24-56-57(49)66-59(52-35-48(63(11,12)13)36-53(58(52)68)64(14,15)16)67(56)55-30-29-46(61(5,6)7)34-51(55)42-21-18-17-19-22-42;/h17-30,32-37,39,68H,38H2,1-16H3;/q-1;/i1D3,11D3,12D3,13D3,14D3,15D3,16D3,36D,37D,38D2;. The average molecular weight is 1120 g/mol. The van der Waals surface area contributed by atoms with Gasteiger partial charge in [0, 0.05) is 75.6 Å². The van der Waals surface area contributed by atoms with E-state index in [1.807, 2.05) is 47.6 Å². The van der Waals surface area contributed by atoms with Gasteiger partial charge in [-0.25, -0.2) is 4.98 Å². The van der Waals surface area contributed by atoms with Crippen LogP contribution in [0, 0.1) is 18.3 Å². The summed E-state index contributed by atoms with van der Waals surface area (Å²) in [5.41, 5.74) is -11.7. The molecule has 0 bridgehead atoms. The van der Waals surface area contributed by atoms with Crippen LogP contribution in [0.25, 0.3) is 72.7 Å². The number of hydrogen-bond acceptors (Lipinski definition) is 3. The summed E-state index contributed by atoms with van der Waals surface area (Å²) in [6.45, 7) is -11.7. The Kier molecular flexibility index (Phi) is 7.49. The Balaban J connectivity index is 0.0000125. The van der Waals surface area contributed by atoms with E-state index < -0.39 is 116 Å². The van der Waals surface area contributed by atoms with Crippen LogP contribution in [0.1, 0.15) is 171 Å². The summed E-state index contributed by atoms with van der Waals surface area (Å²) >= 11 is 0. The van der Waals surface area contributed by atoms with E-state index in [0.29, 0.717) is 28.3 Å². The van der Waals surface area contributed by atoms with Gasteiger partial charge >= 0.3 is 0 Å². The number of phenolic OH excluding ortho intramolecular Hbond substituents is 1. The van der Waals surface area contributed by atoms with Gasteiger partial charge in [0.2, 0.25) is 0 Å². The fourth-order valence-electron chi connectivity index (χ4n) is 8.21. The van der Waals surface area contributed by atoms with Crippen molar-refractivity contribution in [2.75, 3.05) is 0 Å². The van der Waals surface area contributed by atoms with Crippen molar-refractivity contribution in [2.24, 2.45) is 5.41 Å². The predicted octanol–water partition coefficient (Wildman–Crippen LogP) is 17.3. The number of para-hydroxylation sites is 1. The van der Waals surface area contributed by atoms with E-state index >= 15 is 0 Å². The first-order valence-electron chi connectivity index (χ1n) is 34.8. The number of phenols is 1. The van der Waals surface area contributed by atoms with Crippen LogP contribution in [0.2, 0.25) is 0 Å². The quantitative estimate of drug-likeness (QED) is 0.162. The van der Waals surface area contributed by atoms with Crippen molar-refractivity contribution in [3.63, 3.8) is 0 Å². The molecule has 4 nitrogen and oxygen atoms in total. The molecule has 0 unspecified atom stereocenters. The van der Waals surface area contributed by atoms with Gasteiger partial charge in [-0.1, -0.05) is 199 Å². The van der Waals surface area contributed by atoms with Crippen molar-refractivity contribution < 1.29 is 60.4 Å². The van der Waals surface area contributed by atoms with E-state index in [0.717, 1.165) is 11.8 Å². The minimum atomic E-state index is -4.41. The number of rotatable bonds is 7. The number of benzene rings is 6. The molecule has 0 spiro atoms. The Bertz CT molecular complexity index is 4100. The number of fused-ring (bicyclic) bond motifs is 1. The second kappa shape index (κ2) is 18.6. The van der Waals surface area contributed by atoms with Crippen LogP contribution in [0.4, 0.5) is 0 Å². The maximum Gasteiger partial charge on any atom is 0.148 e. The molecule has 0 radical (unpaired) electrons. The number of pyridine rings is 1. The van der Waals surface area contributed by atoms with Crippen molar-refractivity contribution in [1.82, 2.24) is 14.5 Å². The molecule has 2 heterocycles. The van der Waals surface area contributed by atoms with E-state index in [2.05, 4.69) is 11.1 Å². The molecule has 0 saturated carbocycles. The monoisotopic (exact) mass is 1120 g/mol. The molecule has 6 aromatic carbocycles. The Morgan fingerprint density at radius 2 is 1.28 bits per heavy atom. The average Bonchev–Trinajstić information content (AvgIpc) is 0.727. The molecule has 360 valence electrons. The first-order valence-corrected chi connectivity index (χ1v) is 22.3. The van der Waals surface area contributed by atoms with E-state index in [1.54, 1.807) is 118 Å². The molecule has 8 aromatic rings. The molecule has 0 atom stereocenters. The van der Waals surface area contributed by atoms with Crippen molar-refractivity contribution >= 4 is 11.0 Å². The smallest absolute Gasteiger partial charge is 0.148 e. The molecule has 2 aromatic heterocycles. The van der Waals surface area contributed by atoms with Crippen molar-refractivity contribution in [1.29, 1.82) is 0 Å². The first kappa shape index (κ1) is 27.7. The van der Waals surface area contributed by atoms with Crippen LogP contribution in [-0.4, -0.2) is 19.6 Å². The maximum atomic E-state index is 13.2. The third kappa shape index (κ3) is 10.8. The molecule has 8 rings (SSSR count). The number of aromatic hydroxyl groups is 1. The van der Waals surface area contributed by atoms with Crippen molar-refractivity contribution in [3.05, 3.63) is 167 Å². The fraction of sp³-hybridized carbons (Fsp3) is 0.344. The number of aromatic nitrogens is 3. The molecular weight excluding hydrogens is 1020 g/mol. The fourth-order valence-corrected chi connectivity index (χ4v) is 8.21. The number of imidazole rings is 1. The van der Waals surface area contributed by atoms with E-state index in [-0.39, 0.29) is 82.9 Å². The van der Waals surface area contributed by atoms with E-state index in [1.165, 1.54) is 4.57 Å². The zero-order chi connectivity index (χ0) is 70.3. The van der Waals surface area contributed by atoms with Gasteiger partial charge in [0.1, 0.15) is 11.6 Å². The summed E-state index contributed by atoms with van der Waals surface area (Å²) in [6, 6.07) is 30.2. The molecule has 0 aliphatic rings. The molecular formula is C64H72N3OPt-. The van der Waals surface area contributed by atoms with Gasteiger partial charge in [-0.2, -0.15) is 0 Å². The Labute approximate surface area is 463 Å². The summed E-state index contributed by atoms with van der Waals surface area (Å²) in [4.78, 5) is 9.74. The minimum Gasteiger partial charge on any atom is -0.507 e. The SMILES string of the molecule is [2H]c1c(-c2[c-]c(-c3cccc4c3nc(-c3cc(C(C([2H])([2H])[2H])(C([2H])([2H])[2H])C([2H])([2H])[2H])c([2H])c(C(C([2H])([2H])[2H])(C([2H])([2H])[2H])C([2H])([2H])[2H])c3O)n4-c3ccc(C(C)(C)C)cc3-c3ccccc3)cc(C(C)(C)C)c2)ncc(C([2H])([2H])[2H])c1-c1ccc(C([2H])([2H])C(C)(C)C)cc1.[Pt].